The maximum atomic E-state index is 12.8. The van der Waals surface area contributed by atoms with E-state index in [0.717, 1.165) is 96.3 Å². The van der Waals surface area contributed by atoms with Crippen molar-refractivity contribution in [3.8, 4) is 0 Å². The van der Waals surface area contributed by atoms with Crippen molar-refractivity contribution in [3.05, 3.63) is 97.2 Å². The van der Waals surface area contributed by atoms with Gasteiger partial charge < -0.3 is 14.2 Å². The van der Waals surface area contributed by atoms with Crippen LogP contribution in [0.2, 0.25) is 0 Å². The van der Waals surface area contributed by atoms with Crippen LogP contribution < -0.4 is 0 Å². The van der Waals surface area contributed by atoms with Crippen LogP contribution in [0.5, 0.6) is 0 Å². The van der Waals surface area contributed by atoms with Crippen molar-refractivity contribution >= 4 is 17.9 Å². The molecule has 0 aliphatic carbocycles. The summed E-state index contributed by atoms with van der Waals surface area (Å²) in [4.78, 5) is 38.0. The average Bonchev–Trinajstić information content (AvgIpc) is 3.29. The molecule has 0 aromatic heterocycles. The minimum Gasteiger partial charge on any atom is -0.462 e. The van der Waals surface area contributed by atoms with E-state index >= 15 is 0 Å². The number of esters is 3. The highest BCUT2D eigenvalue weighted by Crippen LogP contribution is 2.14. The lowest BCUT2D eigenvalue weighted by molar-refractivity contribution is -0.167. The fourth-order valence-electron chi connectivity index (χ4n) is 6.98. The maximum Gasteiger partial charge on any atom is 0.306 e. The molecule has 0 aromatic rings. The molecule has 0 aliphatic rings. The molecule has 0 rings (SSSR count). The Morgan fingerprint density at radius 2 is 0.625 bits per heavy atom. The SMILES string of the molecule is CC\C=C/C=C\C=C/C=C\CCCCCC(=O)OCC(COC(=O)CCCCCCC\C=C/C=C\C=C/CCCCCCC)OC(=O)CCCCCCCCC/C=C\CCCCCC. The summed E-state index contributed by atoms with van der Waals surface area (Å²) in [6, 6.07) is 0. The number of hydrogen-bond donors (Lipinski definition) is 0. The maximum absolute atomic E-state index is 12.8. The highest BCUT2D eigenvalue weighted by atomic mass is 16.6. The monoisotopic (exact) mass is 889 g/mol. The molecule has 64 heavy (non-hydrogen) atoms. The van der Waals surface area contributed by atoms with Crippen molar-refractivity contribution in [2.45, 2.75) is 239 Å². The summed E-state index contributed by atoms with van der Waals surface area (Å²) >= 11 is 0. The molecule has 6 heteroatoms. The van der Waals surface area contributed by atoms with Crippen molar-refractivity contribution in [1.82, 2.24) is 0 Å². The van der Waals surface area contributed by atoms with E-state index in [1.54, 1.807) is 0 Å². The Morgan fingerprint density at radius 1 is 0.328 bits per heavy atom. The third-order valence-electron chi connectivity index (χ3n) is 10.9. The van der Waals surface area contributed by atoms with E-state index in [2.05, 4.69) is 81.5 Å². The largest absolute Gasteiger partial charge is 0.462 e. The molecule has 0 heterocycles. The molecule has 0 fully saturated rings. The fourth-order valence-corrected chi connectivity index (χ4v) is 6.98. The topological polar surface area (TPSA) is 78.9 Å². The van der Waals surface area contributed by atoms with Crippen LogP contribution in [0.1, 0.15) is 233 Å². The van der Waals surface area contributed by atoms with Crippen molar-refractivity contribution in [1.29, 1.82) is 0 Å². The molecule has 0 saturated heterocycles. The van der Waals surface area contributed by atoms with Crippen LogP contribution in [-0.4, -0.2) is 37.2 Å². The summed E-state index contributed by atoms with van der Waals surface area (Å²) in [5.41, 5.74) is 0. The summed E-state index contributed by atoms with van der Waals surface area (Å²) in [5, 5.41) is 0. The van der Waals surface area contributed by atoms with Gasteiger partial charge in [-0.25, -0.2) is 0 Å². The molecule has 0 aliphatic heterocycles. The molecule has 6 nitrogen and oxygen atoms in total. The summed E-state index contributed by atoms with van der Waals surface area (Å²) in [6.07, 6.45) is 68.1. The Labute approximate surface area is 394 Å². The minimum atomic E-state index is -0.805. The summed E-state index contributed by atoms with van der Waals surface area (Å²) in [7, 11) is 0. The number of ether oxygens (including phenoxy) is 3. The third-order valence-corrected chi connectivity index (χ3v) is 10.9. The Kier molecular flexibility index (Phi) is 49.0. The quantitative estimate of drug-likeness (QED) is 0.0199. The fraction of sp³-hybridized carbons (Fsp3) is 0.672. The Balaban J connectivity index is 4.48. The second kappa shape index (κ2) is 52.0. The predicted octanol–water partition coefficient (Wildman–Crippen LogP) is 17.4. The van der Waals surface area contributed by atoms with Gasteiger partial charge in [0.1, 0.15) is 13.2 Å². The van der Waals surface area contributed by atoms with Crippen LogP contribution >= 0.6 is 0 Å². The molecule has 0 spiro atoms. The van der Waals surface area contributed by atoms with E-state index in [0.29, 0.717) is 19.3 Å². The first-order chi connectivity index (χ1) is 31.5. The highest BCUT2D eigenvalue weighted by molar-refractivity contribution is 5.71. The molecular weight excluding hydrogens is 793 g/mol. The number of hydrogen-bond acceptors (Lipinski definition) is 6. The van der Waals surface area contributed by atoms with Gasteiger partial charge in [0.25, 0.3) is 0 Å². The van der Waals surface area contributed by atoms with Gasteiger partial charge in [0, 0.05) is 19.3 Å². The lowest BCUT2D eigenvalue weighted by atomic mass is 10.1. The summed E-state index contributed by atoms with van der Waals surface area (Å²) < 4.78 is 16.8. The Morgan fingerprint density at radius 3 is 1.03 bits per heavy atom. The predicted molar refractivity (Wildman–Crippen MR) is 274 cm³/mol. The molecular formula is C58H96O6. The van der Waals surface area contributed by atoms with Gasteiger partial charge in [-0.1, -0.05) is 221 Å². The van der Waals surface area contributed by atoms with Crippen molar-refractivity contribution < 1.29 is 28.6 Å². The first kappa shape index (κ1) is 60.3. The average molecular weight is 889 g/mol. The first-order valence-corrected chi connectivity index (χ1v) is 26.3. The van der Waals surface area contributed by atoms with E-state index in [1.165, 1.54) is 96.3 Å². The van der Waals surface area contributed by atoms with Crippen molar-refractivity contribution in [2.75, 3.05) is 13.2 Å². The molecule has 364 valence electrons. The van der Waals surface area contributed by atoms with Crippen molar-refractivity contribution in [3.63, 3.8) is 0 Å². The van der Waals surface area contributed by atoms with Gasteiger partial charge in [0.15, 0.2) is 6.10 Å². The van der Waals surface area contributed by atoms with Gasteiger partial charge in [-0.05, 0) is 89.9 Å². The van der Waals surface area contributed by atoms with Crippen molar-refractivity contribution in [2.24, 2.45) is 0 Å². The smallest absolute Gasteiger partial charge is 0.306 e. The zero-order valence-electron chi connectivity index (χ0n) is 41.5. The highest BCUT2D eigenvalue weighted by Gasteiger charge is 2.19. The summed E-state index contributed by atoms with van der Waals surface area (Å²) in [6.45, 7) is 6.41. The third kappa shape index (κ3) is 49.3. The van der Waals surface area contributed by atoms with Crippen LogP contribution in [0.3, 0.4) is 0 Å². The number of rotatable bonds is 46. The van der Waals surface area contributed by atoms with E-state index in [9.17, 15) is 14.4 Å². The van der Waals surface area contributed by atoms with Crippen LogP contribution in [0.25, 0.3) is 0 Å². The van der Waals surface area contributed by atoms with Gasteiger partial charge in [0.05, 0.1) is 0 Å². The number of carbonyl (C=O) groups is 3. The zero-order chi connectivity index (χ0) is 46.5. The zero-order valence-corrected chi connectivity index (χ0v) is 41.5. The molecule has 0 N–H and O–H groups in total. The normalized spacial score (nSPS) is 12.9. The van der Waals surface area contributed by atoms with E-state index < -0.39 is 6.10 Å². The number of carbonyl (C=O) groups excluding carboxylic acids is 3. The second-order valence-corrected chi connectivity index (χ2v) is 17.2. The Bertz CT molecular complexity index is 1300. The van der Waals surface area contributed by atoms with Crippen LogP contribution in [0.15, 0.2) is 97.2 Å². The second-order valence-electron chi connectivity index (χ2n) is 17.2. The van der Waals surface area contributed by atoms with Gasteiger partial charge >= 0.3 is 17.9 Å². The molecule has 1 atom stereocenters. The standard InChI is InChI=1S/C58H96O6/c1-4-7-10-13-16-19-22-25-27-28-29-31-33-36-39-42-45-48-51-57(60)63-54-55(53-62-56(59)50-47-44-41-38-35-32-24-21-18-15-12-9-6-3)64-58(61)52-49-46-43-40-37-34-30-26-23-20-17-14-11-8-5-2/h9,12,15,18,20-25,27-29,31-32,35,55H,4-8,10-11,13-14,16-17,19,26,30,33-34,36-54H2,1-3H3/b12-9-,18-15-,23-20-,24-21-,25-22-,28-27-,31-29-,35-32-. The number of unbranched alkanes of at least 4 members (excludes halogenated alkanes) is 24. The number of allylic oxidation sites excluding steroid dienone is 16. The lowest BCUT2D eigenvalue weighted by Crippen LogP contribution is -2.30. The van der Waals surface area contributed by atoms with E-state index in [1.807, 2.05) is 36.5 Å². The molecule has 0 amide bonds. The molecule has 0 radical (unpaired) electrons. The summed E-state index contributed by atoms with van der Waals surface area (Å²) in [5.74, 6) is -0.968. The van der Waals surface area contributed by atoms with Crippen LogP contribution in [0.4, 0.5) is 0 Å². The van der Waals surface area contributed by atoms with Gasteiger partial charge in [-0.15, -0.1) is 0 Å². The van der Waals surface area contributed by atoms with E-state index in [-0.39, 0.29) is 31.1 Å². The van der Waals surface area contributed by atoms with Gasteiger partial charge in [-0.2, -0.15) is 0 Å². The molecule has 0 saturated carbocycles. The Hall–Kier alpha value is -3.67. The molecule has 0 aromatic carbocycles. The van der Waals surface area contributed by atoms with Gasteiger partial charge in [0.2, 0.25) is 0 Å². The molecule has 0 bridgehead atoms. The first-order valence-electron chi connectivity index (χ1n) is 26.3. The van der Waals surface area contributed by atoms with E-state index in [4.69, 9.17) is 14.2 Å². The van der Waals surface area contributed by atoms with Gasteiger partial charge in [-0.3, -0.25) is 14.4 Å². The lowest BCUT2D eigenvalue weighted by Gasteiger charge is -2.18. The van der Waals surface area contributed by atoms with Crippen LogP contribution in [-0.2, 0) is 28.6 Å². The van der Waals surface area contributed by atoms with Crippen LogP contribution in [0, 0.1) is 0 Å². The molecule has 1 unspecified atom stereocenters. The minimum absolute atomic E-state index is 0.104.